The Hall–Kier alpha value is -1.39. The van der Waals surface area contributed by atoms with Gasteiger partial charge in [0.15, 0.2) is 0 Å². The fourth-order valence-corrected chi connectivity index (χ4v) is 8.30. The zero-order chi connectivity index (χ0) is 25.6. The van der Waals surface area contributed by atoms with E-state index in [0.717, 1.165) is 50.7 Å². The Balaban J connectivity index is 2.27. The summed E-state index contributed by atoms with van der Waals surface area (Å²) < 4.78 is 56.4. The second kappa shape index (κ2) is 15.7. The maximum absolute atomic E-state index is 13.4. The van der Waals surface area contributed by atoms with Gasteiger partial charge in [-0.15, -0.1) is 7.42 Å². The van der Waals surface area contributed by atoms with E-state index < -0.39 is 20.0 Å². The van der Waals surface area contributed by atoms with Crippen LogP contribution in [0, 0.1) is 0 Å². The molecule has 0 fully saturated rings. The van der Waals surface area contributed by atoms with Crippen LogP contribution in [-0.2, 0) is 31.6 Å². The molecule has 0 amide bonds. The lowest BCUT2D eigenvalue weighted by Gasteiger charge is -2.28. The van der Waals surface area contributed by atoms with Crippen molar-refractivity contribution in [1.82, 2.24) is 7.42 Å². The molecule has 0 aliphatic carbocycles. The molecule has 0 unspecified atom stereocenters. The van der Waals surface area contributed by atoms with Crippen LogP contribution in [0.1, 0.15) is 76.3 Å². The van der Waals surface area contributed by atoms with Crippen LogP contribution >= 0.6 is 12.1 Å². The minimum Gasteiger partial charge on any atom is -0.211 e. The Morgan fingerprint density at radius 2 is 0.943 bits per heavy atom. The number of sulfonamides is 2. The van der Waals surface area contributed by atoms with Crippen LogP contribution in [0.15, 0.2) is 60.7 Å². The molecule has 196 valence electrons. The van der Waals surface area contributed by atoms with Gasteiger partial charge >= 0.3 is 0 Å². The summed E-state index contributed by atoms with van der Waals surface area (Å²) in [5.41, 5.74) is 1.38. The van der Waals surface area contributed by atoms with E-state index in [2.05, 4.69) is 13.8 Å². The summed E-state index contributed by atoms with van der Waals surface area (Å²) in [5, 5.41) is 0. The van der Waals surface area contributed by atoms with Gasteiger partial charge in [0.2, 0.25) is 20.0 Å². The minimum atomic E-state index is -3.74. The highest BCUT2D eigenvalue weighted by molar-refractivity contribution is 8.12. The van der Waals surface area contributed by atoms with Gasteiger partial charge in [0, 0.05) is 25.2 Å². The van der Waals surface area contributed by atoms with Crippen molar-refractivity contribution in [2.75, 3.05) is 13.1 Å². The molecule has 0 heterocycles. The molecule has 0 N–H and O–H groups in total. The lowest BCUT2D eigenvalue weighted by molar-refractivity contribution is 0.497. The Morgan fingerprint density at radius 3 is 1.29 bits per heavy atom. The molecule has 0 saturated heterocycles. The van der Waals surface area contributed by atoms with Gasteiger partial charge in [0.05, 0.1) is 11.5 Å². The second-order valence-electron chi connectivity index (χ2n) is 8.74. The second-order valence-corrected chi connectivity index (χ2v) is 14.0. The number of hydrogen-bond donors (Lipinski definition) is 0. The first-order valence-corrected chi connectivity index (χ1v) is 16.5. The Kier molecular flexibility index (Phi) is 13.4. The smallest absolute Gasteiger partial charge is 0.211 e. The highest BCUT2D eigenvalue weighted by atomic mass is 32.3. The zero-order valence-corrected chi connectivity index (χ0v) is 23.5. The Morgan fingerprint density at radius 1 is 0.571 bits per heavy atom. The molecule has 9 heteroatoms. The number of rotatable bonds is 18. The maximum Gasteiger partial charge on any atom is 0.228 e. The monoisotopic (exact) mass is 540 g/mol. The van der Waals surface area contributed by atoms with Crippen molar-refractivity contribution < 1.29 is 16.8 Å². The summed E-state index contributed by atoms with van der Waals surface area (Å²) >= 11 is 0.849. The molecule has 2 aromatic rings. The molecule has 0 aliphatic heterocycles. The molecule has 0 aliphatic rings. The molecule has 0 bridgehead atoms. The molecule has 0 spiro atoms. The van der Waals surface area contributed by atoms with E-state index >= 15 is 0 Å². The quantitative estimate of drug-likeness (QED) is 0.162. The van der Waals surface area contributed by atoms with Crippen LogP contribution in [-0.4, -0.2) is 37.3 Å². The zero-order valence-electron chi connectivity index (χ0n) is 21.0. The number of unbranched alkanes of at least 4 members (excludes halogenated alkanes) is 6. The van der Waals surface area contributed by atoms with Crippen molar-refractivity contribution >= 4 is 32.2 Å². The average Bonchev–Trinajstić information content (AvgIpc) is 2.83. The standard InChI is InChI=1S/C26H40N2O4S3/c1-3-5-7-15-21-27(34(29,30)23-25-17-11-9-12-18-25)33-28(22-16-8-6-4-2)35(31,32)24-26-19-13-10-14-20-26/h9-14,17-20H,3-8,15-16,21-24H2,1-2H3. The molecule has 35 heavy (non-hydrogen) atoms. The highest BCUT2D eigenvalue weighted by Gasteiger charge is 2.31. The largest absolute Gasteiger partial charge is 0.228 e. The molecule has 0 atom stereocenters. The lowest BCUT2D eigenvalue weighted by Crippen LogP contribution is -2.36. The topological polar surface area (TPSA) is 74.8 Å². The van der Waals surface area contributed by atoms with Crippen LogP contribution in [0.4, 0.5) is 0 Å². The summed E-state index contributed by atoms with van der Waals surface area (Å²) in [5.74, 6) is -0.311. The molecule has 2 aromatic carbocycles. The number of hydrogen-bond acceptors (Lipinski definition) is 5. The van der Waals surface area contributed by atoms with Crippen LogP contribution in [0.2, 0.25) is 0 Å². The molecule has 0 radical (unpaired) electrons. The SMILES string of the molecule is CCCCCCN(SN(CCCCCC)S(=O)(=O)Cc1ccccc1)S(=O)(=O)Cc1ccccc1. The third-order valence-electron chi connectivity index (χ3n) is 5.57. The summed E-state index contributed by atoms with van der Waals surface area (Å²) in [4.78, 5) is 0. The predicted molar refractivity (Wildman–Crippen MR) is 147 cm³/mol. The predicted octanol–water partition coefficient (Wildman–Crippen LogP) is 6.37. The highest BCUT2D eigenvalue weighted by Crippen LogP contribution is 2.29. The molecule has 0 saturated carbocycles. The van der Waals surface area contributed by atoms with Crippen molar-refractivity contribution in [3.05, 3.63) is 71.8 Å². The van der Waals surface area contributed by atoms with Crippen LogP contribution in [0.25, 0.3) is 0 Å². The summed E-state index contributed by atoms with van der Waals surface area (Å²) in [6, 6.07) is 18.1. The molecule has 2 rings (SSSR count). The molecule has 0 aromatic heterocycles. The van der Waals surface area contributed by atoms with Crippen molar-refractivity contribution in [3.8, 4) is 0 Å². The van der Waals surface area contributed by atoms with Gasteiger partial charge in [-0.1, -0.05) is 113 Å². The van der Waals surface area contributed by atoms with Gasteiger partial charge in [-0.2, -0.15) is 0 Å². The van der Waals surface area contributed by atoms with Crippen molar-refractivity contribution in [2.24, 2.45) is 0 Å². The van der Waals surface area contributed by atoms with E-state index in [1.165, 1.54) is 7.42 Å². The Labute approximate surface area is 217 Å². The first-order valence-electron chi connectivity index (χ1n) is 12.5. The third kappa shape index (κ3) is 11.0. The van der Waals surface area contributed by atoms with E-state index in [4.69, 9.17) is 0 Å². The van der Waals surface area contributed by atoms with E-state index in [1.54, 1.807) is 24.3 Å². The van der Waals surface area contributed by atoms with Gasteiger partial charge in [-0.05, 0) is 24.0 Å². The van der Waals surface area contributed by atoms with Gasteiger partial charge in [-0.25, -0.2) is 16.8 Å². The number of benzene rings is 2. The van der Waals surface area contributed by atoms with E-state index in [-0.39, 0.29) is 24.6 Å². The fraction of sp³-hybridized carbons (Fsp3) is 0.538. The van der Waals surface area contributed by atoms with Crippen molar-refractivity contribution in [2.45, 2.75) is 76.7 Å². The summed E-state index contributed by atoms with van der Waals surface area (Å²) in [6.07, 6.45) is 7.31. The van der Waals surface area contributed by atoms with Crippen LogP contribution in [0.5, 0.6) is 0 Å². The summed E-state index contributed by atoms with van der Waals surface area (Å²) in [7, 11) is -7.47. The Bertz CT molecular complexity index is 961. The van der Waals surface area contributed by atoms with E-state index in [1.807, 2.05) is 36.4 Å². The first kappa shape index (κ1) is 29.8. The van der Waals surface area contributed by atoms with Gasteiger partial charge in [0.1, 0.15) is 0 Å². The normalized spacial score (nSPS) is 12.5. The summed E-state index contributed by atoms with van der Waals surface area (Å²) in [6.45, 7) is 4.78. The van der Waals surface area contributed by atoms with Gasteiger partial charge in [0.25, 0.3) is 0 Å². The van der Waals surface area contributed by atoms with Gasteiger partial charge in [-0.3, -0.25) is 0 Å². The van der Waals surface area contributed by atoms with E-state index in [0.29, 0.717) is 24.0 Å². The lowest BCUT2D eigenvalue weighted by atomic mass is 10.2. The number of nitrogens with zero attached hydrogens (tertiary/aromatic N) is 2. The third-order valence-corrected chi connectivity index (χ3v) is 11.1. The molecular formula is C26H40N2O4S3. The molecular weight excluding hydrogens is 500 g/mol. The minimum absolute atomic E-state index is 0.156. The van der Waals surface area contributed by atoms with Crippen LogP contribution < -0.4 is 0 Å². The average molecular weight is 541 g/mol. The van der Waals surface area contributed by atoms with E-state index in [9.17, 15) is 16.8 Å². The molecule has 6 nitrogen and oxygen atoms in total. The van der Waals surface area contributed by atoms with Gasteiger partial charge < -0.3 is 0 Å². The maximum atomic E-state index is 13.4. The fourth-order valence-electron chi connectivity index (χ4n) is 3.61. The van der Waals surface area contributed by atoms with Crippen molar-refractivity contribution in [1.29, 1.82) is 0 Å². The van der Waals surface area contributed by atoms with Crippen LogP contribution in [0.3, 0.4) is 0 Å². The first-order chi connectivity index (χ1) is 16.8. The van der Waals surface area contributed by atoms with Crippen molar-refractivity contribution in [3.63, 3.8) is 0 Å².